The zero-order chi connectivity index (χ0) is 22.4. The smallest absolute Gasteiger partial charge is 0.430 e. The SMILES string of the molecule is Clc1ccc(Oc2ccc(Nc3n[nH]c4ccc[nH+]c34)cc2)cc1.O=C([O-])C(F)(F)F. The second-order valence-corrected chi connectivity index (χ2v) is 6.46. The van der Waals surface area contributed by atoms with E-state index in [0.29, 0.717) is 5.02 Å². The summed E-state index contributed by atoms with van der Waals surface area (Å²) >= 11 is 5.87. The van der Waals surface area contributed by atoms with Crippen LogP contribution >= 0.6 is 11.6 Å². The molecular formula is C20H14ClF3N4O3. The van der Waals surface area contributed by atoms with Gasteiger partial charge < -0.3 is 20.0 Å². The van der Waals surface area contributed by atoms with E-state index in [1.54, 1.807) is 12.1 Å². The highest BCUT2D eigenvalue weighted by molar-refractivity contribution is 6.30. The summed E-state index contributed by atoms with van der Waals surface area (Å²) in [5, 5.41) is 20.0. The Morgan fingerprint density at radius 2 is 1.65 bits per heavy atom. The number of aromatic nitrogens is 3. The van der Waals surface area contributed by atoms with Gasteiger partial charge in [-0.3, -0.25) is 5.10 Å². The second-order valence-electron chi connectivity index (χ2n) is 6.02. The van der Waals surface area contributed by atoms with Crippen molar-refractivity contribution >= 4 is 40.1 Å². The largest absolute Gasteiger partial charge is 0.542 e. The van der Waals surface area contributed by atoms with Gasteiger partial charge in [-0.2, -0.15) is 13.2 Å². The molecule has 0 aliphatic rings. The number of aromatic amines is 2. The van der Waals surface area contributed by atoms with E-state index in [2.05, 4.69) is 20.5 Å². The fourth-order valence-corrected chi connectivity index (χ4v) is 2.50. The number of nitrogens with one attached hydrogen (secondary N) is 3. The number of ether oxygens (including phenoxy) is 1. The van der Waals surface area contributed by atoms with E-state index in [1.807, 2.05) is 54.7 Å². The van der Waals surface area contributed by atoms with Gasteiger partial charge >= 0.3 is 6.18 Å². The van der Waals surface area contributed by atoms with Gasteiger partial charge in [0.25, 0.3) is 5.52 Å². The lowest BCUT2D eigenvalue weighted by molar-refractivity contribution is -0.344. The first kappa shape index (κ1) is 21.9. The number of halogens is 4. The number of rotatable bonds is 4. The maximum Gasteiger partial charge on any atom is 0.430 e. The Kier molecular flexibility index (Phi) is 6.61. The molecule has 0 saturated heterocycles. The van der Waals surface area contributed by atoms with Crippen LogP contribution in [0.1, 0.15) is 0 Å². The van der Waals surface area contributed by atoms with Gasteiger partial charge in [-0.25, -0.2) is 4.98 Å². The number of carboxylic acid groups (broad SMARTS) is 1. The van der Waals surface area contributed by atoms with Crippen LogP contribution in [0.3, 0.4) is 0 Å². The highest BCUT2D eigenvalue weighted by Crippen LogP contribution is 2.26. The van der Waals surface area contributed by atoms with Gasteiger partial charge in [-0.1, -0.05) is 11.6 Å². The van der Waals surface area contributed by atoms with Gasteiger partial charge in [0, 0.05) is 16.8 Å². The van der Waals surface area contributed by atoms with Gasteiger partial charge in [0.2, 0.25) is 5.82 Å². The van der Waals surface area contributed by atoms with Crippen molar-refractivity contribution in [2.75, 3.05) is 5.32 Å². The number of nitrogens with zero attached hydrogens (tertiary/aromatic N) is 1. The molecule has 0 aliphatic heterocycles. The monoisotopic (exact) mass is 450 g/mol. The molecule has 0 saturated carbocycles. The van der Waals surface area contributed by atoms with Crippen molar-refractivity contribution < 1.29 is 32.8 Å². The maximum absolute atomic E-state index is 10.5. The minimum absolute atomic E-state index is 0.685. The molecular weight excluding hydrogens is 437 g/mol. The minimum Gasteiger partial charge on any atom is -0.542 e. The fraction of sp³-hybridized carbons (Fsp3) is 0.0500. The first-order chi connectivity index (χ1) is 14.7. The van der Waals surface area contributed by atoms with Crippen LogP contribution in [0.4, 0.5) is 24.7 Å². The summed E-state index contributed by atoms with van der Waals surface area (Å²) in [4.78, 5) is 12.0. The number of pyridine rings is 1. The lowest BCUT2D eigenvalue weighted by Gasteiger charge is -2.07. The van der Waals surface area contributed by atoms with Gasteiger partial charge in [-0.15, -0.1) is 5.10 Å². The number of aliphatic carboxylic acids is 1. The molecule has 2 aromatic heterocycles. The predicted octanol–water partition coefficient (Wildman–Crippen LogP) is 3.86. The summed E-state index contributed by atoms with van der Waals surface area (Å²) in [5.74, 6) is -0.765. The number of alkyl halides is 3. The zero-order valence-corrected chi connectivity index (χ0v) is 16.3. The Hall–Kier alpha value is -3.79. The molecule has 2 heterocycles. The quantitative estimate of drug-likeness (QED) is 0.491. The van der Waals surface area contributed by atoms with E-state index >= 15 is 0 Å². The molecule has 0 amide bonds. The summed E-state index contributed by atoms with van der Waals surface area (Å²) < 4.78 is 37.3. The van der Waals surface area contributed by atoms with Crippen LogP contribution in [-0.2, 0) is 4.79 Å². The van der Waals surface area contributed by atoms with Crippen molar-refractivity contribution in [3.05, 3.63) is 71.9 Å². The first-order valence-corrected chi connectivity index (χ1v) is 9.03. The second kappa shape index (κ2) is 9.35. The van der Waals surface area contributed by atoms with Crippen molar-refractivity contribution in [3.8, 4) is 11.5 Å². The van der Waals surface area contributed by atoms with Crippen LogP contribution in [0.5, 0.6) is 11.5 Å². The van der Waals surface area contributed by atoms with Crippen molar-refractivity contribution in [3.63, 3.8) is 0 Å². The van der Waals surface area contributed by atoms with Crippen LogP contribution in [0, 0.1) is 0 Å². The van der Waals surface area contributed by atoms with E-state index in [1.165, 1.54) is 0 Å². The van der Waals surface area contributed by atoms with Crippen molar-refractivity contribution in [1.29, 1.82) is 0 Å². The van der Waals surface area contributed by atoms with Crippen LogP contribution in [0.15, 0.2) is 66.9 Å². The summed E-state index contributed by atoms with van der Waals surface area (Å²) in [7, 11) is 0. The molecule has 0 aliphatic carbocycles. The third-order valence-corrected chi connectivity index (χ3v) is 4.03. The van der Waals surface area contributed by atoms with Crippen LogP contribution in [0.25, 0.3) is 11.0 Å². The van der Waals surface area contributed by atoms with Gasteiger partial charge in [0.1, 0.15) is 23.0 Å². The van der Waals surface area contributed by atoms with E-state index in [9.17, 15) is 13.2 Å². The summed E-state index contributed by atoms with van der Waals surface area (Å²) in [5.41, 5.74) is 2.80. The van der Waals surface area contributed by atoms with Crippen molar-refractivity contribution in [2.24, 2.45) is 0 Å². The third kappa shape index (κ3) is 6.09. The number of hydrogen-bond donors (Lipinski definition) is 2. The summed E-state index contributed by atoms with van der Waals surface area (Å²) in [6.45, 7) is 0. The summed E-state index contributed by atoms with van der Waals surface area (Å²) in [6, 6.07) is 18.8. The fourth-order valence-electron chi connectivity index (χ4n) is 2.37. The molecule has 0 atom stereocenters. The van der Waals surface area contributed by atoms with Gasteiger partial charge in [0.15, 0.2) is 6.20 Å². The van der Waals surface area contributed by atoms with Gasteiger partial charge in [-0.05, 0) is 54.6 Å². The van der Waals surface area contributed by atoms with Crippen LogP contribution in [0.2, 0.25) is 5.02 Å². The molecule has 4 rings (SSSR count). The lowest BCUT2D eigenvalue weighted by Crippen LogP contribution is -2.37. The Balaban J connectivity index is 0.000000339. The van der Waals surface area contributed by atoms with Crippen molar-refractivity contribution in [2.45, 2.75) is 6.18 Å². The van der Waals surface area contributed by atoms with Crippen LogP contribution < -0.4 is 20.1 Å². The molecule has 0 bridgehead atoms. The maximum atomic E-state index is 10.5. The third-order valence-electron chi connectivity index (χ3n) is 3.78. The molecule has 31 heavy (non-hydrogen) atoms. The number of hydrogen-bond acceptors (Lipinski definition) is 5. The minimum atomic E-state index is -5.19. The molecule has 2 aromatic carbocycles. The average Bonchev–Trinajstić information content (AvgIpc) is 3.14. The molecule has 7 nitrogen and oxygen atoms in total. The highest BCUT2D eigenvalue weighted by atomic mass is 35.5. The zero-order valence-electron chi connectivity index (χ0n) is 15.5. The Bertz CT molecular complexity index is 1160. The predicted molar refractivity (Wildman–Crippen MR) is 105 cm³/mol. The standard InChI is InChI=1S/C18H13ClN4O.C2HF3O2/c19-12-3-7-14(8-4-12)24-15-9-5-13(6-10-15)21-18-17-16(22-23-18)2-1-11-20-17;3-2(4,5)1(6)7/h1-11H,(H2,21,22,23);(H,6,7). The highest BCUT2D eigenvalue weighted by Gasteiger charge is 2.28. The Labute approximate surface area is 178 Å². The summed E-state index contributed by atoms with van der Waals surface area (Å²) in [6.07, 6.45) is -3.33. The Morgan fingerprint density at radius 3 is 2.23 bits per heavy atom. The molecule has 4 aromatic rings. The number of carbonyl (C=O) groups is 1. The number of H-pyrrole nitrogens is 2. The van der Waals surface area contributed by atoms with E-state index < -0.39 is 12.1 Å². The molecule has 0 fully saturated rings. The van der Waals surface area contributed by atoms with Crippen LogP contribution in [-0.4, -0.2) is 22.3 Å². The van der Waals surface area contributed by atoms with Crippen molar-refractivity contribution in [1.82, 2.24) is 10.2 Å². The number of carbonyl (C=O) groups excluding carboxylic acids is 1. The lowest BCUT2D eigenvalue weighted by atomic mass is 10.3. The Morgan fingerprint density at radius 1 is 1.06 bits per heavy atom. The normalized spacial score (nSPS) is 10.8. The molecule has 3 N–H and O–H groups in total. The first-order valence-electron chi connectivity index (χ1n) is 8.66. The topological polar surface area (TPSA) is 104 Å². The molecule has 0 spiro atoms. The van der Waals surface area contributed by atoms with Gasteiger partial charge in [0.05, 0.1) is 0 Å². The number of carboxylic acids is 1. The average molecular weight is 451 g/mol. The van der Waals surface area contributed by atoms with E-state index in [-0.39, 0.29) is 0 Å². The van der Waals surface area contributed by atoms with E-state index in [0.717, 1.165) is 34.0 Å². The number of fused-ring (bicyclic) bond motifs is 1. The molecule has 0 radical (unpaired) electrons. The number of anilines is 2. The molecule has 0 unspecified atom stereocenters. The number of benzene rings is 2. The molecule has 160 valence electrons. The molecule has 11 heteroatoms. The van der Waals surface area contributed by atoms with E-state index in [4.69, 9.17) is 26.2 Å².